The number of hydrogen-bond donors (Lipinski definition) is 2. The van der Waals surface area contributed by atoms with Gasteiger partial charge in [0, 0.05) is 24.8 Å². The molecule has 2 N–H and O–H groups in total. The minimum absolute atomic E-state index is 0.663. The standard InChI is InChI=1S/C21H32N4/c1-6-7-21(16(2)3)17(4)23-24-19-8-10-20(11-9-19)25-14-12-18(22-5)13-15-25/h6-11,18,22,24H,12-15H2,1-5H3/b7-6-,23-17+. The van der Waals surface area contributed by atoms with Crippen LogP contribution in [0.5, 0.6) is 0 Å². The summed E-state index contributed by atoms with van der Waals surface area (Å²) in [6.45, 7) is 10.5. The van der Waals surface area contributed by atoms with E-state index in [0.717, 1.165) is 24.5 Å². The van der Waals surface area contributed by atoms with Crippen molar-refractivity contribution in [1.29, 1.82) is 0 Å². The minimum Gasteiger partial charge on any atom is -0.371 e. The van der Waals surface area contributed by atoms with Crippen molar-refractivity contribution < 1.29 is 0 Å². The molecule has 0 aromatic heterocycles. The molecule has 1 aromatic carbocycles. The zero-order chi connectivity index (χ0) is 18.2. The maximum atomic E-state index is 4.53. The van der Waals surface area contributed by atoms with Crippen LogP contribution in [-0.4, -0.2) is 31.9 Å². The monoisotopic (exact) mass is 340 g/mol. The van der Waals surface area contributed by atoms with Crippen LogP contribution in [0, 0.1) is 0 Å². The second-order valence-electron chi connectivity index (χ2n) is 6.82. The van der Waals surface area contributed by atoms with E-state index < -0.39 is 0 Å². The number of benzene rings is 1. The van der Waals surface area contributed by atoms with E-state index in [-0.39, 0.29) is 0 Å². The van der Waals surface area contributed by atoms with Crippen LogP contribution in [0.3, 0.4) is 0 Å². The van der Waals surface area contributed by atoms with Crippen molar-refractivity contribution in [2.45, 2.75) is 46.6 Å². The Labute approximate surface area is 152 Å². The van der Waals surface area contributed by atoms with E-state index in [1.54, 1.807) is 0 Å². The average molecular weight is 341 g/mol. The largest absolute Gasteiger partial charge is 0.371 e. The van der Waals surface area contributed by atoms with Crippen LogP contribution in [-0.2, 0) is 0 Å². The van der Waals surface area contributed by atoms with Gasteiger partial charge in [0.2, 0.25) is 0 Å². The van der Waals surface area contributed by atoms with E-state index in [0.29, 0.717) is 6.04 Å². The quantitative estimate of drug-likeness (QED) is 0.452. The lowest BCUT2D eigenvalue weighted by atomic mass is 10.0. The highest BCUT2D eigenvalue weighted by Gasteiger charge is 2.17. The normalized spacial score (nSPS) is 16.4. The van der Waals surface area contributed by atoms with Gasteiger partial charge in [-0.15, -0.1) is 0 Å². The number of allylic oxidation sites excluding steroid dienone is 4. The number of nitrogens with zero attached hydrogens (tertiary/aromatic N) is 2. The molecule has 1 saturated heterocycles. The summed E-state index contributed by atoms with van der Waals surface area (Å²) < 4.78 is 0. The number of anilines is 2. The molecule has 0 bridgehead atoms. The van der Waals surface area contributed by atoms with Gasteiger partial charge in [0.25, 0.3) is 0 Å². The third kappa shape index (κ3) is 5.46. The van der Waals surface area contributed by atoms with Crippen molar-refractivity contribution >= 4 is 17.1 Å². The van der Waals surface area contributed by atoms with E-state index in [4.69, 9.17) is 0 Å². The fourth-order valence-corrected chi connectivity index (χ4v) is 3.20. The van der Waals surface area contributed by atoms with Crippen LogP contribution in [0.4, 0.5) is 11.4 Å². The predicted molar refractivity (Wildman–Crippen MR) is 111 cm³/mol. The molecule has 4 nitrogen and oxygen atoms in total. The first kappa shape index (κ1) is 19.3. The lowest BCUT2D eigenvalue weighted by molar-refractivity contribution is 0.442. The van der Waals surface area contributed by atoms with Crippen molar-refractivity contribution in [2.75, 3.05) is 30.5 Å². The molecule has 1 fully saturated rings. The lowest BCUT2D eigenvalue weighted by Gasteiger charge is -2.33. The van der Waals surface area contributed by atoms with Crippen LogP contribution in [0.25, 0.3) is 0 Å². The second kappa shape index (κ2) is 9.42. The topological polar surface area (TPSA) is 39.7 Å². The smallest absolute Gasteiger partial charge is 0.0647 e. The van der Waals surface area contributed by atoms with E-state index in [9.17, 15) is 0 Å². The van der Waals surface area contributed by atoms with E-state index >= 15 is 0 Å². The van der Waals surface area contributed by atoms with Crippen molar-refractivity contribution in [3.8, 4) is 0 Å². The van der Waals surface area contributed by atoms with Gasteiger partial charge in [-0.2, -0.15) is 5.10 Å². The van der Waals surface area contributed by atoms with Crippen LogP contribution >= 0.6 is 0 Å². The number of piperidine rings is 1. The molecular formula is C21H32N4. The number of hydrazone groups is 1. The summed E-state index contributed by atoms with van der Waals surface area (Å²) >= 11 is 0. The Morgan fingerprint density at radius 2 is 1.76 bits per heavy atom. The molecule has 1 heterocycles. The van der Waals surface area contributed by atoms with Crippen molar-refractivity contribution in [3.05, 3.63) is 47.6 Å². The van der Waals surface area contributed by atoms with Gasteiger partial charge in [-0.1, -0.05) is 17.7 Å². The van der Waals surface area contributed by atoms with Gasteiger partial charge in [-0.05, 0) is 77.4 Å². The van der Waals surface area contributed by atoms with E-state index in [1.165, 1.54) is 29.7 Å². The lowest BCUT2D eigenvalue weighted by Crippen LogP contribution is -2.41. The molecule has 25 heavy (non-hydrogen) atoms. The summed E-state index contributed by atoms with van der Waals surface area (Å²) in [6.07, 6.45) is 6.56. The van der Waals surface area contributed by atoms with Gasteiger partial charge in [-0.25, -0.2) is 0 Å². The third-order valence-corrected chi connectivity index (χ3v) is 4.75. The predicted octanol–water partition coefficient (Wildman–Crippen LogP) is 4.58. The molecule has 0 amide bonds. The molecular weight excluding hydrogens is 308 g/mol. The van der Waals surface area contributed by atoms with E-state index in [1.807, 2.05) is 19.9 Å². The molecule has 0 unspecified atom stereocenters. The van der Waals surface area contributed by atoms with Crippen LogP contribution in [0.15, 0.2) is 52.7 Å². The summed E-state index contributed by atoms with van der Waals surface area (Å²) in [6, 6.07) is 9.24. The van der Waals surface area contributed by atoms with Gasteiger partial charge in [0.05, 0.1) is 11.4 Å². The third-order valence-electron chi connectivity index (χ3n) is 4.75. The van der Waals surface area contributed by atoms with Gasteiger partial charge < -0.3 is 10.2 Å². The van der Waals surface area contributed by atoms with Crippen molar-refractivity contribution in [3.63, 3.8) is 0 Å². The van der Waals surface area contributed by atoms with Gasteiger partial charge in [0.1, 0.15) is 0 Å². The maximum Gasteiger partial charge on any atom is 0.0647 e. The molecule has 2 rings (SSSR count). The first-order valence-corrected chi connectivity index (χ1v) is 9.18. The highest BCUT2D eigenvalue weighted by molar-refractivity contribution is 6.01. The molecule has 1 aliphatic heterocycles. The van der Waals surface area contributed by atoms with E-state index in [2.05, 4.69) is 72.0 Å². The molecule has 4 heteroatoms. The van der Waals surface area contributed by atoms with Gasteiger partial charge in [0.15, 0.2) is 0 Å². The Balaban J connectivity index is 1.99. The van der Waals surface area contributed by atoms with Crippen LogP contribution in [0.2, 0.25) is 0 Å². The Hall–Kier alpha value is -2.07. The summed E-state index contributed by atoms with van der Waals surface area (Å²) in [5, 5.41) is 7.91. The zero-order valence-corrected chi connectivity index (χ0v) is 16.3. The molecule has 1 aromatic rings. The molecule has 136 valence electrons. The van der Waals surface area contributed by atoms with Gasteiger partial charge >= 0.3 is 0 Å². The first-order valence-electron chi connectivity index (χ1n) is 9.18. The molecule has 0 spiro atoms. The van der Waals surface area contributed by atoms with Crippen molar-refractivity contribution in [1.82, 2.24) is 5.32 Å². The molecule has 1 aliphatic rings. The molecule has 0 atom stereocenters. The Morgan fingerprint density at radius 3 is 2.28 bits per heavy atom. The average Bonchev–Trinajstić information content (AvgIpc) is 2.64. The van der Waals surface area contributed by atoms with Gasteiger partial charge in [-0.3, -0.25) is 5.43 Å². The highest BCUT2D eigenvalue weighted by atomic mass is 15.3. The summed E-state index contributed by atoms with van der Waals surface area (Å²) in [5.41, 5.74) is 8.92. The van der Waals surface area contributed by atoms with Crippen molar-refractivity contribution in [2.24, 2.45) is 5.10 Å². The summed E-state index contributed by atoms with van der Waals surface area (Å²) in [5.74, 6) is 0. The van der Waals surface area contributed by atoms with Crippen LogP contribution < -0.4 is 15.6 Å². The molecule has 0 aliphatic carbocycles. The Kier molecular flexibility index (Phi) is 7.26. The zero-order valence-electron chi connectivity index (χ0n) is 16.3. The summed E-state index contributed by atoms with van der Waals surface area (Å²) in [7, 11) is 2.06. The fourth-order valence-electron chi connectivity index (χ4n) is 3.20. The number of nitrogens with one attached hydrogen (secondary N) is 2. The Bertz CT molecular complexity index is 628. The highest BCUT2D eigenvalue weighted by Crippen LogP contribution is 2.22. The SMILES string of the molecule is C/C=C\C(=C(C)C)/C(C)=N/Nc1ccc(N2CCC(NC)CC2)cc1. The minimum atomic E-state index is 0.663. The fraction of sp³-hybridized carbons (Fsp3) is 0.476. The second-order valence-corrected chi connectivity index (χ2v) is 6.82. The summed E-state index contributed by atoms with van der Waals surface area (Å²) in [4.78, 5) is 2.46. The number of hydrogen-bond acceptors (Lipinski definition) is 4. The Morgan fingerprint density at radius 1 is 1.12 bits per heavy atom. The molecule has 0 radical (unpaired) electrons. The molecule has 0 saturated carbocycles. The first-order chi connectivity index (χ1) is 12.0. The maximum absolute atomic E-state index is 4.53. The van der Waals surface area contributed by atoms with Crippen LogP contribution in [0.1, 0.15) is 40.5 Å². The number of rotatable bonds is 6.